The van der Waals surface area contributed by atoms with Crippen molar-refractivity contribution in [1.29, 1.82) is 0 Å². The van der Waals surface area contributed by atoms with Crippen LogP contribution in [0, 0.1) is 24.0 Å². The molecule has 0 unspecified atom stereocenters. The lowest BCUT2D eigenvalue weighted by Gasteiger charge is -2.16. The fraction of sp³-hybridized carbons (Fsp3) is 0.300. The number of H-pyrrole nitrogens is 1. The Bertz CT molecular complexity index is 1290. The zero-order valence-electron chi connectivity index (χ0n) is 17.2. The second-order valence-corrected chi connectivity index (χ2v) is 9.06. The Balaban J connectivity index is 1.66. The number of aryl methyl sites for hydroxylation is 1. The molecule has 4 rings (SSSR count). The maximum absolute atomic E-state index is 14.9. The van der Waals surface area contributed by atoms with E-state index in [1.165, 1.54) is 17.5 Å². The highest BCUT2D eigenvalue weighted by molar-refractivity contribution is 7.15. The van der Waals surface area contributed by atoms with Gasteiger partial charge < -0.3 is 5.32 Å². The van der Waals surface area contributed by atoms with Gasteiger partial charge in [0, 0.05) is 11.6 Å². The number of rotatable bonds is 4. The van der Waals surface area contributed by atoms with Gasteiger partial charge in [0.05, 0.1) is 28.4 Å². The van der Waals surface area contributed by atoms with Crippen molar-refractivity contribution in [2.45, 2.75) is 34.2 Å². The Morgan fingerprint density at radius 2 is 2.03 bits per heavy atom. The van der Waals surface area contributed by atoms with Crippen LogP contribution in [-0.4, -0.2) is 36.3 Å². The zero-order valence-corrected chi connectivity index (χ0v) is 18.1. The third-order valence-corrected chi connectivity index (χ3v) is 5.73. The lowest BCUT2D eigenvalue weighted by molar-refractivity contribution is -0.128. The van der Waals surface area contributed by atoms with Crippen molar-refractivity contribution in [1.82, 2.24) is 35.7 Å². The zero-order chi connectivity index (χ0) is 22.3. The number of nitrogens with zero attached hydrogens (tertiary/aromatic N) is 5. The number of nitrogens with one attached hydrogen (secondary N) is 2. The van der Waals surface area contributed by atoms with E-state index in [1.54, 1.807) is 6.07 Å². The van der Waals surface area contributed by atoms with Crippen LogP contribution >= 0.6 is 11.3 Å². The molecule has 0 saturated heterocycles. The Hall–Kier alpha value is -3.34. The van der Waals surface area contributed by atoms with Gasteiger partial charge in [-0.25, -0.2) is 23.7 Å². The predicted octanol–water partition coefficient (Wildman–Crippen LogP) is 3.79. The van der Waals surface area contributed by atoms with E-state index in [2.05, 4.69) is 35.7 Å². The van der Waals surface area contributed by atoms with Crippen LogP contribution in [-0.2, 0) is 11.3 Å². The second-order valence-electron chi connectivity index (χ2n) is 7.98. The summed E-state index contributed by atoms with van der Waals surface area (Å²) in [6.07, 6.45) is 1.48. The van der Waals surface area contributed by atoms with Crippen LogP contribution < -0.4 is 5.32 Å². The molecule has 3 heterocycles. The minimum absolute atomic E-state index is 0.0285. The molecule has 11 heteroatoms. The number of hydrogen-bond donors (Lipinski definition) is 2. The summed E-state index contributed by atoms with van der Waals surface area (Å²) in [6, 6.07) is 2.68. The van der Waals surface area contributed by atoms with Gasteiger partial charge in [0.15, 0.2) is 23.0 Å². The molecule has 0 spiro atoms. The Kier molecular flexibility index (Phi) is 5.21. The average molecular weight is 443 g/mol. The molecule has 0 aliphatic rings. The summed E-state index contributed by atoms with van der Waals surface area (Å²) in [5.74, 6) is -1.50. The molecule has 0 aliphatic heterocycles. The maximum atomic E-state index is 14.9. The SMILES string of the molecule is Cc1nc(CNC(=O)C(C)(C)C)sc1-c1ccnc(-c2cc(F)c3nn[nH]c3c2F)n1. The molecule has 31 heavy (non-hydrogen) atoms. The van der Waals surface area contributed by atoms with Crippen LogP contribution in [0.4, 0.5) is 8.78 Å². The van der Waals surface area contributed by atoms with Gasteiger partial charge in [-0.3, -0.25) is 9.89 Å². The van der Waals surface area contributed by atoms with E-state index >= 15 is 0 Å². The van der Waals surface area contributed by atoms with Crippen LogP contribution in [0.2, 0.25) is 0 Å². The number of carbonyl (C=O) groups is 1. The minimum Gasteiger partial charge on any atom is -0.349 e. The minimum atomic E-state index is -0.731. The molecule has 1 amide bonds. The Morgan fingerprint density at radius 1 is 1.26 bits per heavy atom. The molecule has 0 aliphatic carbocycles. The molecule has 2 N–H and O–H groups in total. The van der Waals surface area contributed by atoms with Crippen LogP contribution in [0.15, 0.2) is 18.3 Å². The highest BCUT2D eigenvalue weighted by Crippen LogP contribution is 2.32. The normalized spacial score (nSPS) is 11.8. The van der Waals surface area contributed by atoms with Gasteiger partial charge in [0.1, 0.15) is 10.5 Å². The van der Waals surface area contributed by atoms with Gasteiger partial charge in [-0.1, -0.05) is 26.0 Å². The first-order chi connectivity index (χ1) is 14.6. The third kappa shape index (κ3) is 4.00. The van der Waals surface area contributed by atoms with Crippen LogP contribution in [0.25, 0.3) is 33.0 Å². The molecular formula is C20H19F2N7OS. The molecule has 160 valence electrons. The first-order valence-electron chi connectivity index (χ1n) is 9.42. The van der Waals surface area contributed by atoms with E-state index in [-0.39, 0.29) is 28.3 Å². The van der Waals surface area contributed by atoms with Crippen molar-refractivity contribution < 1.29 is 13.6 Å². The summed E-state index contributed by atoms with van der Waals surface area (Å²) in [7, 11) is 0. The standard InChI is InChI=1S/C20H19F2N7OS/c1-9-17(31-13(25-9)8-24-19(30)20(2,3)4)12-5-6-23-18(26-12)10-7-11(21)15-16(14(10)22)28-29-27-15/h5-7H,8H2,1-4H3,(H,24,30)(H,27,28,29). The summed E-state index contributed by atoms with van der Waals surface area (Å²) in [5, 5.41) is 12.9. The van der Waals surface area contributed by atoms with Gasteiger partial charge in [0.2, 0.25) is 5.91 Å². The van der Waals surface area contributed by atoms with E-state index < -0.39 is 17.0 Å². The average Bonchev–Trinajstić information content (AvgIpc) is 3.35. The van der Waals surface area contributed by atoms with E-state index in [4.69, 9.17) is 0 Å². The summed E-state index contributed by atoms with van der Waals surface area (Å²) in [5.41, 5.74) is 0.317. The number of aromatic nitrogens is 6. The van der Waals surface area contributed by atoms with Crippen molar-refractivity contribution in [3.63, 3.8) is 0 Å². The van der Waals surface area contributed by atoms with E-state index in [9.17, 15) is 13.6 Å². The lowest BCUT2D eigenvalue weighted by Crippen LogP contribution is -2.34. The lowest BCUT2D eigenvalue weighted by atomic mass is 9.96. The smallest absolute Gasteiger partial charge is 0.225 e. The summed E-state index contributed by atoms with van der Waals surface area (Å²) in [4.78, 5) is 25.9. The first kappa shape index (κ1) is 20.9. The fourth-order valence-corrected chi connectivity index (χ4v) is 3.88. The highest BCUT2D eigenvalue weighted by Gasteiger charge is 2.22. The Morgan fingerprint density at radius 3 is 2.77 bits per heavy atom. The summed E-state index contributed by atoms with van der Waals surface area (Å²) < 4.78 is 29.1. The third-order valence-electron chi connectivity index (χ3n) is 4.55. The van der Waals surface area contributed by atoms with Gasteiger partial charge in [0.25, 0.3) is 0 Å². The number of aromatic amines is 1. The van der Waals surface area contributed by atoms with Crippen molar-refractivity contribution in [2.24, 2.45) is 5.41 Å². The molecule has 8 nitrogen and oxygen atoms in total. The van der Waals surface area contributed by atoms with E-state index in [0.717, 1.165) is 16.6 Å². The van der Waals surface area contributed by atoms with Crippen LogP contribution in [0.1, 0.15) is 31.5 Å². The fourth-order valence-electron chi connectivity index (χ4n) is 2.91. The van der Waals surface area contributed by atoms with Crippen LogP contribution in [0.5, 0.6) is 0 Å². The number of thiazole rings is 1. The van der Waals surface area contributed by atoms with Crippen molar-refractivity contribution in [3.8, 4) is 22.0 Å². The van der Waals surface area contributed by atoms with Gasteiger partial charge in [-0.15, -0.1) is 16.4 Å². The molecule has 0 saturated carbocycles. The molecular weight excluding hydrogens is 424 g/mol. The van der Waals surface area contributed by atoms with E-state index in [1.807, 2.05) is 27.7 Å². The topological polar surface area (TPSA) is 109 Å². The molecule has 0 radical (unpaired) electrons. The van der Waals surface area contributed by atoms with Crippen molar-refractivity contribution >= 4 is 28.3 Å². The highest BCUT2D eigenvalue weighted by atomic mass is 32.1. The number of benzene rings is 1. The number of carbonyl (C=O) groups excluding carboxylic acids is 1. The first-order valence-corrected chi connectivity index (χ1v) is 10.2. The Labute approximate surface area is 180 Å². The number of fused-ring (bicyclic) bond motifs is 1. The van der Waals surface area contributed by atoms with Crippen molar-refractivity contribution in [2.75, 3.05) is 0 Å². The van der Waals surface area contributed by atoms with Crippen molar-refractivity contribution in [3.05, 3.63) is 40.7 Å². The maximum Gasteiger partial charge on any atom is 0.225 e. The second kappa shape index (κ2) is 7.73. The molecule has 3 aromatic heterocycles. The van der Waals surface area contributed by atoms with Gasteiger partial charge >= 0.3 is 0 Å². The summed E-state index contributed by atoms with van der Waals surface area (Å²) in [6.45, 7) is 7.62. The van der Waals surface area contributed by atoms with Crippen LogP contribution in [0.3, 0.4) is 0 Å². The molecule has 0 atom stereocenters. The number of halogens is 2. The summed E-state index contributed by atoms with van der Waals surface area (Å²) >= 11 is 1.37. The molecule has 0 fully saturated rings. The largest absolute Gasteiger partial charge is 0.349 e. The predicted molar refractivity (Wildman–Crippen MR) is 112 cm³/mol. The molecule has 0 bridgehead atoms. The molecule has 1 aromatic carbocycles. The van der Waals surface area contributed by atoms with Gasteiger partial charge in [-0.2, -0.15) is 0 Å². The quantitative estimate of drug-likeness (QED) is 0.497. The van der Waals surface area contributed by atoms with E-state index in [0.29, 0.717) is 17.2 Å². The van der Waals surface area contributed by atoms with Gasteiger partial charge in [-0.05, 0) is 19.1 Å². The molecule has 4 aromatic rings. The monoisotopic (exact) mass is 443 g/mol. The number of hydrogen-bond acceptors (Lipinski definition) is 7. The number of amides is 1.